The minimum Gasteiger partial charge on any atom is -0.388 e. The predicted octanol–water partition coefficient (Wildman–Crippen LogP) is 2.13. The van der Waals surface area contributed by atoms with E-state index in [-0.39, 0.29) is 0 Å². The van der Waals surface area contributed by atoms with Gasteiger partial charge < -0.3 is 10.6 Å². The lowest BCUT2D eigenvalue weighted by atomic mass is 9.87. The van der Waals surface area contributed by atoms with Crippen molar-refractivity contribution in [2.24, 2.45) is 11.7 Å². The quantitative estimate of drug-likeness (QED) is 0.848. The van der Waals surface area contributed by atoms with Crippen LogP contribution in [0, 0.1) is 5.92 Å². The Bertz CT molecular complexity index is 427. The molecule has 18 heavy (non-hydrogen) atoms. The van der Waals surface area contributed by atoms with E-state index in [2.05, 4.69) is 28.8 Å². The summed E-state index contributed by atoms with van der Waals surface area (Å²) in [6.45, 7) is 2.32. The highest BCUT2D eigenvalue weighted by Crippen LogP contribution is 2.29. The summed E-state index contributed by atoms with van der Waals surface area (Å²) in [5.41, 5.74) is 6.34. The van der Waals surface area contributed by atoms with Crippen molar-refractivity contribution in [1.82, 2.24) is 9.97 Å². The molecule has 0 amide bonds. The van der Waals surface area contributed by atoms with Gasteiger partial charge in [0.15, 0.2) is 5.82 Å². The van der Waals surface area contributed by atoms with Gasteiger partial charge in [0, 0.05) is 25.5 Å². The first kappa shape index (κ1) is 13.2. The van der Waals surface area contributed by atoms with Crippen LogP contribution >= 0.6 is 12.2 Å². The minimum absolute atomic E-state index is 0.314. The summed E-state index contributed by atoms with van der Waals surface area (Å²) in [6, 6.07) is 0.519. The lowest BCUT2D eigenvalue weighted by Crippen LogP contribution is -2.37. The zero-order chi connectivity index (χ0) is 13.1. The number of hydrogen-bond acceptors (Lipinski definition) is 4. The van der Waals surface area contributed by atoms with Gasteiger partial charge in [-0.3, -0.25) is 0 Å². The maximum atomic E-state index is 5.71. The van der Waals surface area contributed by atoms with Crippen LogP contribution in [0.2, 0.25) is 0 Å². The number of anilines is 1. The highest BCUT2D eigenvalue weighted by Gasteiger charge is 2.24. The third kappa shape index (κ3) is 2.77. The summed E-state index contributed by atoms with van der Waals surface area (Å²) in [4.78, 5) is 11.1. The van der Waals surface area contributed by atoms with E-state index >= 15 is 0 Å². The number of aromatic nitrogens is 2. The Labute approximate surface area is 114 Å². The molecule has 1 aliphatic rings. The van der Waals surface area contributed by atoms with Crippen molar-refractivity contribution in [1.29, 1.82) is 0 Å². The van der Waals surface area contributed by atoms with E-state index in [1.807, 2.05) is 0 Å². The molecule has 0 bridgehead atoms. The van der Waals surface area contributed by atoms with Crippen LogP contribution in [-0.4, -0.2) is 28.0 Å². The minimum atomic E-state index is 0.314. The van der Waals surface area contributed by atoms with Gasteiger partial charge in [-0.1, -0.05) is 19.1 Å². The molecule has 0 atom stereocenters. The first-order chi connectivity index (χ1) is 8.59. The van der Waals surface area contributed by atoms with Crippen LogP contribution in [0.5, 0.6) is 0 Å². The molecule has 2 N–H and O–H groups in total. The molecule has 1 aromatic rings. The second-order valence-electron chi connectivity index (χ2n) is 5.12. The fourth-order valence-electron chi connectivity index (χ4n) is 2.57. The number of thiocarbonyl (C=S) groups is 1. The summed E-state index contributed by atoms with van der Waals surface area (Å²) >= 11 is 5.04. The van der Waals surface area contributed by atoms with Crippen molar-refractivity contribution >= 4 is 23.0 Å². The molecule has 4 nitrogen and oxygen atoms in total. The van der Waals surface area contributed by atoms with Crippen LogP contribution < -0.4 is 10.6 Å². The first-order valence-electron chi connectivity index (χ1n) is 6.43. The van der Waals surface area contributed by atoms with Crippen molar-refractivity contribution in [3.05, 3.63) is 18.1 Å². The fourth-order valence-corrected chi connectivity index (χ4v) is 2.71. The Hall–Kier alpha value is -1.23. The molecule has 0 unspecified atom stereocenters. The Morgan fingerprint density at radius 1 is 1.28 bits per heavy atom. The van der Waals surface area contributed by atoms with E-state index in [9.17, 15) is 0 Å². The molecule has 0 saturated heterocycles. The van der Waals surface area contributed by atoms with Gasteiger partial charge in [-0.05, 0) is 31.6 Å². The maximum absolute atomic E-state index is 5.71. The standard InChI is InChI=1S/C13H20N4S/c1-9-3-5-10(6-4-9)17(2)13-11(12(14)18)15-7-8-16-13/h7-10H,3-6H2,1-2H3,(H2,14,18). The average molecular weight is 264 g/mol. The van der Waals surface area contributed by atoms with Gasteiger partial charge >= 0.3 is 0 Å². The second-order valence-corrected chi connectivity index (χ2v) is 5.56. The van der Waals surface area contributed by atoms with E-state index in [0.29, 0.717) is 16.7 Å². The molecule has 0 radical (unpaired) electrons. The van der Waals surface area contributed by atoms with E-state index in [1.165, 1.54) is 25.7 Å². The van der Waals surface area contributed by atoms with Crippen LogP contribution in [-0.2, 0) is 0 Å². The van der Waals surface area contributed by atoms with Crippen LogP contribution in [0.1, 0.15) is 38.3 Å². The first-order valence-corrected chi connectivity index (χ1v) is 6.84. The summed E-state index contributed by atoms with van der Waals surface area (Å²) in [6.07, 6.45) is 8.28. The normalized spacial score (nSPS) is 23.7. The van der Waals surface area contributed by atoms with E-state index < -0.39 is 0 Å². The average Bonchev–Trinajstić information content (AvgIpc) is 2.39. The van der Waals surface area contributed by atoms with Gasteiger partial charge in [0.2, 0.25) is 0 Å². The topological polar surface area (TPSA) is 55.0 Å². The van der Waals surface area contributed by atoms with Gasteiger partial charge in [0.1, 0.15) is 10.7 Å². The third-order valence-corrected chi connectivity index (χ3v) is 3.97. The number of rotatable bonds is 3. The SMILES string of the molecule is CC1CCC(N(C)c2nccnc2C(N)=S)CC1. The van der Waals surface area contributed by atoms with Crippen LogP contribution in [0.15, 0.2) is 12.4 Å². The Morgan fingerprint density at radius 2 is 1.89 bits per heavy atom. The molecule has 0 aliphatic heterocycles. The third-order valence-electron chi connectivity index (χ3n) is 3.78. The molecule has 2 rings (SSSR count). The molecular weight excluding hydrogens is 244 g/mol. The van der Waals surface area contributed by atoms with Gasteiger partial charge in [0.05, 0.1) is 0 Å². The molecule has 1 aliphatic carbocycles. The molecule has 0 aromatic carbocycles. The molecular formula is C13H20N4S. The molecule has 5 heteroatoms. The summed E-state index contributed by atoms with van der Waals surface area (Å²) < 4.78 is 0. The summed E-state index contributed by atoms with van der Waals surface area (Å²) in [5, 5.41) is 0. The number of nitrogens with zero attached hydrogens (tertiary/aromatic N) is 3. The lowest BCUT2D eigenvalue weighted by Gasteiger charge is -2.34. The van der Waals surface area contributed by atoms with Gasteiger partial charge in [-0.25, -0.2) is 9.97 Å². The largest absolute Gasteiger partial charge is 0.388 e. The molecule has 1 fully saturated rings. The Morgan fingerprint density at radius 3 is 2.50 bits per heavy atom. The highest BCUT2D eigenvalue weighted by atomic mass is 32.1. The zero-order valence-electron chi connectivity index (χ0n) is 11.0. The zero-order valence-corrected chi connectivity index (χ0v) is 11.8. The van der Waals surface area contributed by atoms with E-state index in [0.717, 1.165) is 11.7 Å². The Balaban J connectivity index is 2.18. The highest BCUT2D eigenvalue weighted by molar-refractivity contribution is 7.80. The molecule has 0 spiro atoms. The Kier molecular flexibility index (Phi) is 4.11. The van der Waals surface area contributed by atoms with Gasteiger partial charge in [0.25, 0.3) is 0 Å². The van der Waals surface area contributed by atoms with Crippen molar-refractivity contribution in [2.75, 3.05) is 11.9 Å². The second kappa shape index (κ2) is 5.61. The monoisotopic (exact) mass is 264 g/mol. The van der Waals surface area contributed by atoms with Crippen LogP contribution in [0.4, 0.5) is 5.82 Å². The molecule has 98 valence electrons. The summed E-state index contributed by atoms with van der Waals surface area (Å²) in [7, 11) is 2.06. The van der Waals surface area contributed by atoms with Crippen LogP contribution in [0.3, 0.4) is 0 Å². The van der Waals surface area contributed by atoms with E-state index in [4.69, 9.17) is 18.0 Å². The lowest BCUT2D eigenvalue weighted by molar-refractivity contribution is 0.340. The summed E-state index contributed by atoms with van der Waals surface area (Å²) in [5.74, 6) is 1.65. The van der Waals surface area contributed by atoms with E-state index in [1.54, 1.807) is 12.4 Å². The van der Waals surface area contributed by atoms with Gasteiger partial charge in [-0.2, -0.15) is 0 Å². The smallest absolute Gasteiger partial charge is 0.157 e. The number of nitrogens with two attached hydrogens (primary N) is 1. The van der Waals surface area contributed by atoms with Crippen molar-refractivity contribution < 1.29 is 0 Å². The maximum Gasteiger partial charge on any atom is 0.157 e. The van der Waals surface area contributed by atoms with Crippen molar-refractivity contribution in [2.45, 2.75) is 38.6 Å². The van der Waals surface area contributed by atoms with Crippen LogP contribution in [0.25, 0.3) is 0 Å². The van der Waals surface area contributed by atoms with Gasteiger partial charge in [-0.15, -0.1) is 0 Å². The molecule has 1 aromatic heterocycles. The van der Waals surface area contributed by atoms with Crippen molar-refractivity contribution in [3.8, 4) is 0 Å². The molecule has 1 heterocycles. The van der Waals surface area contributed by atoms with Crippen molar-refractivity contribution in [3.63, 3.8) is 0 Å². The fraction of sp³-hybridized carbons (Fsp3) is 0.615. The molecule has 1 saturated carbocycles. The number of hydrogen-bond donors (Lipinski definition) is 1. The predicted molar refractivity (Wildman–Crippen MR) is 77.7 cm³/mol.